The van der Waals surface area contributed by atoms with Crippen LogP contribution >= 0.6 is 15.9 Å². The van der Waals surface area contributed by atoms with Crippen molar-refractivity contribution in [2.75, 3.05) is 0 Å². The van der Waals surface area contributed by atoms with Crippen LogP contribution in [0.15, 0.2) is 0 Å². The van der Waals surface area contributed by atoms with Crippen LogP contribution in [0, 0.1) is 16.7 Å². The molecule has 0 bridgehead atoms. The van der Waals surface area contributed by atoms with Gasteiger partial charge >= 0.3 is 11.9 Å². The normalized spacial score (nSPS) is 26.2. The molecule has 5 heteroatoms. The van der Waals surface area contributed by atoms with Gasteiger partial charge in [-0.15, -0.1) is 0 Å². The topological polar surface area (TPSA) is 74.6 Å². The van der Waals surface area contributed by atoms with Gasteiger partial charge in [-0.25, -0.2) is 0 Å². The van der Waals surface area contributed by atoms with Crippen molar-refractivity contribution in [3.63, 3.8) is 0 Å². The minimum Gasteiger partial charge on any atom is -0.481 e. The summed E-state index contributed by atoms with van der Waals surface area (Å²) < 4.78 is -0.615. The second-order valence-electron chi connectivity index (χ2n) is 7.40. The van der Waals surface area contributed by atoms with Crippen molar-refractivity contribution in [3.8, 4) is 0 Å². The third kappa shape index (κ3) is 4.20. The fraction of sp³-hybridized carbons (Fsp3) is 0.857. The van der Waals surface area contributed by atoms with E-state index in [-0.39, 0.29) is 11.3 Å². The third-order valence-corrected chi connectivity index (χ3v) is 4.75. The van der Waals surface area contributed by atoms with Crippen LogP contribution in [0.2, 0.25) is 0 Å². The van der Waals surface area contributed by atoms with Crippen LogP contribution in [0.1, 0.15) is 53.4 Å². The molecule has 2 saturated carbocycles. The molecule has 2 fully saturated rings. The largest absolute Gasteiger partial charge is 0.481 e. The Morgan fingerprint density at radius 3 is 1.53 bits per heavy atom. The van der Waals surface area contributed by atoms with E-state index in [4.69, 9.17) is 10.2 Å². The molecule has 0 amide bonds. The molecule has 0 heterocycles. The maximum Gasteiger partial charge on any atom is 0.320 e. The van der Waals surface area contributed by atoms with Crippen molar-refractivity contribution in [1.29, 1.82) is 0 Å². The zero-order chi connectivity index (χ0) is 15.1. The molecule has 2 rings (SSSR count). The molecule has 0 saturated heterocycles. The highest BCUT2D eigenvalue weighted by atomic mass is 79.9. The first-order chi connectivity index (χ1) is 8.37. The number of hydrogen-bond donors (Lipinski definition) is 2. The van der Waals surface area contributed by atoms with E-state index in [0.29, 0.717) is 5.41 Å². The summed E-state index contributed by atoms with van der Waals surface area (Å²) in [6, 6.07) is 0. The molecule has 0 radical (unpaired) electrons. The second kappa shape index (κ2) is 5.08. The van der Waals surface area contributed by atoms with E-state index < -0.39 is 16.3 Å². The number of carboxylic acids is 2. The smallest absolute Gasteiger partial charge is 0.320 e. The van der Waals surface area contributed by atoms with Crippen molar-refractivity contribution in [3.05, 3.63) is 0 Å². The van der Waals surface area contributed by atoms with Crippen LogP contribution in [-0.2, 0) is 9.59 Å². The number of alkyl halides is 1. The van der Waals surface area contributed by atoms with Crippen molar-refractivity contribution in [1.82, 2.24) is 0 Å². The molecule has 0 aromatic heterocycles. The van der Waals surface area contributed by atoms with Crippen LogP contribution in [0.5, 0.6) is 0 Å². The summed E-state index contributed by atoms with van der Waals surface area (Å²) in [7, 11) is 0. The van der Waals surface area contributed by atoms with Gasteiger partial charge < -0.3 is 10.2 Å². The Hall–Kier alpha value is -0.580. The average molecular weight is 335 g/mol. The predicted molar refractivity (Wildman–Crippen MR) is 76.4 cm³/mol. The van der Waals surface area contributed by atoms with Crippen LogP contribution in [0.4, 0.5) is 0 Å². The van der Waals surface area contributed by atoms with E-state index in [1.54, 1.807) is 0 Å². The van der Waals surface area contributed by atoms with Gasteiger partial charge in [0.05, 0.1) is 5.92 Å². The molecule has 19 heavy (non-hydrogen) atoms. The Labute approximate surface area is 122 Å². The lowest BCUT2D eigenvalue weighted by atomic mass is 9.64. The first kappa shape index (κ1) is 16.5. The quantitative estimate of drug-likeness (QED) is 0.757. The number of aliphatic carboxylic acids is 2. The molecule has 0 spiro atoms. The maximum atomic E-state index is 10.5. The van der Waals surface area contributed by atoms with Crippen molar-refractivity contribution in [2.24, 2.45) is 16.7 Å². The Kier molecular flexibility index (Phi) is 4.40. The fourth-order valence-electron chi connectivity index (χ4n) is 3.07. The molecule has 0 aromatic rings. The first-order valence-electron chi connectivity index (χ1n) is 6.52. The number of halogens is 1. The molecule has 0 aliphatic heterocycles. The Morgan fingerprint density at radius 1 is 1.00 bits per heavy atom. The summed E-state index contributed by atoms with van der Waals surface area (Å²) in [4.78, 5) is 20.8. The molecule has 2 aliphatic rings. The van der Waals surface area contributed by atoms with E-state index in [2.05, 4.69) is 43.6 Å². The molecule has 0 unspecified atom stereocenters. The van der Waals surface area contributed by atoms with Gasteiger partial charge in [-0.2, -0.15) is 0 Å². The van der Waals surface area contributed by atoms with Gasteiger partial charge in [0.25, 0.3) is 0 Å². The monoisotopic (exact) mass is 334 g/mol. The van der Waals surface area contributed by atoms with E-state index >= 15 is 0 Å². The Morgan fingerprint density at radius 2 is 1.42 bits per heavy atom. The molecule has 2 aliphatic carbocycles. The lowest BCUT2D eigenvalue weighted by Gasteiger charge is -2.46. The zero-order valence-corrected chi connectivity index (χ0v) is 13.6. The average Bonchev–Trinajstić information content (AvgIpc) is 2.11. The summed E-state index contributed by atoms with van der Waals surface area (Å²) >= 11 is 3.21. The van der Waals surface area contributed by atoms with E-state index in [0.717, 1.165) is 25.7 Å². The minimum atomic E-state index is -0.730. The van der Waals surface area contributed by atoms with Crippen molar-refractivity contribution >= 4 is 27.9 Å². The molecule has 0 aromatic carbocycles. The standard InChI is InChI=1S/C7H11BrO2.C7H12O2/c1-6(2)3-7(8,4-6)5(9)10;1-7(2)3-5(4-7)6(8)9/h3-4H2,1-2H3,(H,9,10);5H,3-4H2,1-2H3,(H,8,9). The van der Waals surface area contributed by atoms with E-state index in [1.165, 1.54) is 0 Å². The van der Waals surface area contributed by atoms with Crippen LogP contribution < -0.4 is 0 Å². The zero-order valence-electron chi connectivity index (χ0n) is 12.0. The van der Waals surface area contributed by atoms with Gasteiger partial charge in [-0.1, -0.05) is 43.6 Å². The van der Waals surface area contributed by atoms with Gasteiger partial charge in [-0.05, 0) is 36.5 Å². The molecule has 0 atom stereocenters. The molecule has 110 valence electrons. The summed E-state index contributed by atoms with van der Waals surface area (Å²) in [6.07, 6.45) is 3.16. The van der Waals surface area contributed by atoms with Gasteiger partial charge in [0.1, 0.15) is 4.32 Å². The highest BCUT2D eigenvalue weighted by Gasteiger charge is 2.52. The Balaban J connectivity index is 0.000000191. The van der Waals surface area contributed by atoms with Crippen LogP contribution in [0.3, 0.4) is 0 Å². The SMILES string of the molecule is CC1(C)CC(Br)(C(=O)O)C1.CC1(C)CC(C(=O)O)C1. The molecule has 4 nitrogen and oxygen atoms in total. The lowest BCUT2D eigenvalue weighted by molar-refractivity contribution is -0.149. The van der Waals surface area contributed by atoms with Gasteiger partial charge in [0.15, 0.2) is 0 Å². The van der Waals surface area contributed by atoms with Gasteiger partial charge in [-0.3, -0.25) is 9.59 Å². The number of rotatable bonds is 2. The summed E-state index contributed by atoms with van der Waals surface area (Å²) in [6.45, 7) is 8.36. The number of hydrogen-bond acceptors (Lipinski definition) is 2. The third-order valence-electron chi connectivity index (χ3n) is 3.85. The molecular formula is C14H23BrO4. The highest BCUT2D eigenvalue weighted by molar-refractivity contribution is 9.10. The second-order valence-corrected chi connectivity index (χ2v) is 8.91. The first-order valence-corrected chi connectivity index (χ1v) is 7.31. The minimum absolute atomic E-state index is 0.0556. The van der Waals surface area contributed by atoms with Crippen LogP contribution in [-0.4, -0.2) is 26.5 Å². The summed E-state index contributed by atoms with van der Waals surface area (Å²) in [5, 5.41) is 17.1. The number of carboxylic acid groups (broad SMARTS) is 2. The molecular weight excluding hydrogens is 312 g/mol. The fourth-order valence-corrected chi connectivity index (χ4v) is 4.58. The van der Waals surface area contributed by atoms with Gasteiger partial charge in [0, 0.05) is 0 Å². The number of carbonyl (C=O) groups is 2. The lowest BCUT2D eigenvalue weighted by Crippen LogP contribution is -2.49. The van der Waals surface area contributed by atoms with Gasteiger partial charge in [0.2, 0.25) is 0 Å². The van der Waals surface area contributed by atoms with E-state index in [9.17, 15) is 9.59 Å². The van der Waals surface area contributed by atoms with Crippen LogP contribution in [0.25, 0.3) is 0 Å². The Bertz CT molecular complexity index is 371. The van der Waals surface area contributed by atoms with Crippen molar-refractivity contribution in [2.45, 2.75) is 57.7 Å². The molecule has 2 N–H and O–H groups in total. The summed E-state index contributed by atoms with van der Waals surface area (Å²) in [5.41, 5.74) is 0.505. The predicted octanol–water partition coefficient (Wildman–Crippen LogP) is 3.53. The van der Waals surface area contributed by atoms with E-state index in [1.807, 2.05) is 0 Å². The van der Waals surface area contributed by atoms with Crippen molar-refractivity contribution < 1.29 is 19.8 Å². The maximum absolute atomic E-state index is 10.5. The summed E-state index contributed by atoms with van der Waals surface area (Å²) in [5.74, 6) is -1.42. The highest BCUT2D eigenvalue weighted by Crippen LogP contribution is 2.53.